The monoisotopic (exact) mass is 255 g/mol. The first-order chi connectivity index (χ1) is 7.57. The number of unbranched alkanes of at least 4 members (excludes halogenated alkanes) is 1. The largest absolute Gasteiger partial charge is 0.223 e. The summed E-state index contributed by atoms with van der Waals surface area (Å²) in [6, 6.07) is 0. The van der Waals surface area contributed by atoms with Crippen molar-refractivity contribution in [3.05, 3.63) is 45.7 Å². The van der Waals surface area contributed by atoms with Crippen LogP contribution >= 0.6 is 23.2 Å². The van der Waals surface area contributed by atoms with E-state index >= 15 is 0 Å². The molecular weight excluding hydrogens is 241 g/mol. The minimum atomic E-state index is 0.461. The van der Waals surface area contributed by atoms with Crippen molar-refractivity contribution in [2.75, 3.05) is 0 Å². The van der Waals surface area contributed by atoms with E-state index in [1.807, 2.05) is 26.0 Å². The van der Waals surface area contributed by atoms with Crippen molar-refractivity contribution in [1.29, 1.82) is 0 Å². The van der Waals surface area contributed by atoms with E-state index in [2.05, 4.69) is 17.6 Å². The molecule has 0 unspecified atom stereocenters. The fourth-order valence-electron chi connectivity index (χ4n) is 1.35. The molecule has 1 heterocycles. The van der Waals surface area contributed by atoms with Gasteiger partial charge in [-0.25, -0.2) is 4.98 Å². The van der Waals surface area contributed by atoms with Crippen molar-refractivity contribution >= 4 is 29.3 Å². The molecule has 0 aliphatic rings. The summed E-state index contributed by atoms with van der Waals surface area (Å²) >= 11 is 12.0. The van der Waals surface area contributed by atoms with E-state index in [0.717, 1.165) is 29.5 Å². The van der Waals surface area contributed by atoms with Crippen molar-refractivity contribution in [2.24, 2.45) is 0 Å². The molecule has 0 N–H and O–H groups in total. The third kappa shape index (κ3) is 3.10. The Labute approximate surface area is 107 Å². The van der Waals surface area contributed by atoms with Gasteiger partial charge in [-0.05, 0) is 37.8 Å². The lowest BCUT2D eigenvalue weighted by molar-refractivity contribution is 1.06. The van der Waals surface area contributed by atoms with Gasteiger partial charge in [0.05, 0.1) is 0 Å². The van der Waals surface area contributed by atoms with Crippen LogP contribution in [0.5, 0.6) is 0 Å². The van der Waals surface area contributed by atoms with Gasteiger partial charge in [-0.15, -0.1) is 6.58 Å². The summed E-state index contributed by atoms with van der Waals surface area (Å²) in [5, 5.41) is 0.939. The van der Waals surface area contributed by atoms with Crippen LogP contribution in [0.15, 0.2) is 18.7 Å². The number of halogens is 2. The molecule has 0 aliphatic heterocycles. The second kappa shape index (κ2) is 6.07. The quantitative estimate of drug-likeness (QED) is 0.420. The zero-order valence-corrected chi connectivity index (χ0v) is 11.1. The van der Waals surface area contributed by atoms with Gasteiger partial charge in [0.25, 0.3) is 0 Å². The minimum absolute atomic E-state index is 0.461. The summed E-state index contributed by atoms with van der Waals surface area (Å²) in [5.74, 6) is 0. The van der Waals surface area contributed by atoms with Gasteiger partial charge in [0.15, 0.2) is 0 Å². The van der Waals surface area contributed by atoms with Crippen molar-refractivity contribution in [3.8, 4) is 0 Å². The topological polar surface area (TPSA) is 12.9 Å². The van der Waals surface area contributed by atoms with E-state index < -0.39 is 0 Å². The summed E-state index contributed by atoms with van der Waals surface area (Å²) in [6.07, 6.45) is 7.89. The van der Waals surface area contributed by atoms with Crippen LogP contribution in [-0.2, 0) is 0 Å². The Hall–Kier alpha value is -0.790. The van der Waals surface area contributed by atoms with Crippen molar-refractivity contribution in [3.63, 3.8) is 0 Å². The fourth-order valence-corrected chi connectivity index (χ4v) is 1.91. The van der Waals surface area contributed by atoms with Gasteiger partial charge >= 0.3 is 0 Å². The van der Waals surface area contributed by atoms with Gasteiger partial charge in [0.1, 0.15) is 10.3 Å². The van der Waals surface area contributed by atoms with E-state index in [1.54, 1.807) is 0 Å². The van der Waals surface area contributed by atoms with E-state index in [-0.39, 0.29) is 0 Å². The van der Waals surface area contributed by atoms with Gasteiger partial charge in [-0.3, -0.25) is 0 Å². The second-order valence-electron chi connectivity index (χ2n) is 3.63. The van der Waals surface area contributed by atoms with E-state index in [1.165, 1.54) is 0 Å². The summed E-state index contributed by atoms with van der Waals surface area (Å²) in [4.78, 5) is 4.09. The Kier molecular flexibility index (Phi) is 5.04. The van der Waals surface area contributed by atoms with Gasteiger partial charge < -0.3 is 0 Å². The van der Waals surface area contributed by atoms with Crippen LogP contribution in [0.1, 0.15) is 29.5 Å². The number of rotatable bonds is 4. The molecule has 0 amide bonds. The van der Waals surface area contributed by atoms with Gasteiger partial charge in [-0.1, -0.05) is 41.4 Å². The Morgan fingerprint density at radius 3 is 2.44 bits per heavy atom. The number of nitrogens with zero attached hydrogens (tertiary/aromatic N) is 1. The highest BCUT2D eigenvalue weighted by Gasteiger charge is 2.09. The number of aromatic nitrogens is 1. The average Bonchev–Trinajstić information content (AvgIpc) is 2.25. The molecule has 3 heteroatoms. The Morgan fingerprint density at radius 2 is 1.81 bits per heavy atom. The highest BCUT2D eigenvalue weighted by atomic mass is 35.5. The molecule has 1 rings (SSSR count). The van der Waals surface area contributed by atoms with E-state index in [9.17, 15) is 0 Å². The average molecular weight is 256 g/mol. The summed E-state index contributed by atoms with van der Waals surface area (Å²) in [6.45, 7) is 7.62. The van der Waals surface area contributed by atoms with Crippen LogP contribution in [-0.4, -0.2) is 4.98 Å². The van der Waals surface area contributed by atoms with Crippen LogP contribution < -0.4 is 0 Å². The zero-order valence-electron chi connectivity index (χ0n) is 9.56. The predicted octanol–water partition coefficient (Wildman–Crippen LogP) is 4.98. The lowest BCUT2D eigenvalue weighted by Crippen LogP contribution is -1.93. The molecular formula is C13H15Cl2N. The third-order valence-electron chi connectivity index (χ3n) is 2.52. The molecule has 86 valence electrons. The smallest absolute Gasteiger partial charge is 0.138 e. The Morgan fingerprint density at radius 1 is 1.12 bits per heavy atom. The lowest BCUT2D eigenvalue weighted by atomic mass is 10.1. The molecule has 0 aliphatic carbocycles. The molecule has 0 fully saturated rings. The maximum absolute atomic E-state index is 6.05. The molecule has 1 aromatic rings. The number of hydrogen-bond acceptors (Lipinski definition) is 1. The van der Waals surface area contributed by atoms with Crippen molar-refractivity contribution in [1.82, 2.24) is 4.98 Å². The predicted molar refractivity (Wildman–Crippen MR) is 72.2 cm³/mol. The second-order valence-corrected chi connectivity index (χ2v) is 4.34. The molecule has 0 atom stereocenters. The molecule has 1 nitrogen and oxygen atoms in total. The first kappa shape index (κ1) is 13.3. The molecule has 0 aromatic carbocycles. The van der Waals surface area contributed by atoms with E-state index in [0.29, 0.717) is 10.3 Å². The zero-order chi connectivity index (χ0) is 12.1. The van der Waals surface area contributed by atoms with Crippen molar-refractivity contribution in [2.45, 2.75) is 26.7 Å². The summed E-state index contributed by atoms with van der Waals surface area (Å²) in [7, 11) is 0. The molecule has 16 heavy (non-hydrogen) atoms. The van der Waals surface area contributed by atoms with Crippen LogP contribution in [0.4, 0.5) is 0 Å². The van der Waals surface area contributed by atoms with Crippen LogP contribution in [0.2, 0.25) is 10.3 Å². The van der Waals surface area contributed by atoms with Gasteiger partial charge in [0.2, 0.25) is 0 Å². The normalized spacial score (nSPS) is 11.0. The van der Waals surface area contributed by atoms with E-state index in [4.69, 9.17) is 23.2 Å². The molecule has 0 saturated heterocycles. The highest BCUT2D eigenvalue weighted by molar-refractivity contribution is 6.34. The highest BCUT2D eigenvalue weighted by Crippen LogP contribution is 2.27. The molecule has 0 saturated carbocycles. The SMILES string of the molecule is C=CCC/C=C/c1c(Cl)nc(Cl)c(C)c1C. The summed E-state index contributed by atoms with van der Waals surface area (Å²) < 4.78 is 0. The van der Waals surface area contributed by atoms with Crippen LogP contribution in [0.3, 0.4) is 0 Å². The number of allylic oxidation sites excluding steroid dienone is 2. The maximum atomic E-state index is 6.05. The van der Waals surface area contributed by atoms with Crippen molar-refractivity contribution < 1.29 is 0 Å². The molecule has 0 bridgehead atoms. The fraction of sp³-hybridized carbons (Fsp3) is 0.308. The first-order valence-electron chi connectivity index (χ1n) is 5.17. The van der Waals surface area contributed by atoms with Gasteiger partial charge in [0, 0.05) is 5.56 Å². The first-order valence-corrected chi connectivity index (χ1v) is 5.93. The Balaban J connectivity index is 3.00. The van der Waals surface area contributed by atoms with Gasteiger partial charge in [-0.2, -0.15) is 0 Å². The molecule has 1 aromatic heterocycles. The maximum Gasteiger partial charge on any atom is 0.138 e. The lowest BCUT2D eigenvalue weighted by Gasteiger charge is -2.08. The number of pyridine rings is 1. The number of hydrogen-bond donors (Lipinski definition) is 0. The minimum Gasteiger partial charge on any atom is -0.223 e. The third-order valence-corrected chi connectivity index (χ3v) is 3.17. The van der Waals surface area contributed by atoms with Crippen LogP contribution in [0, 0.1) is 13.8 Å². The molecule has 0 spiro atoms. The standard InChI is InChI=1S/C13H15Cl2N/c1-4-5-6-7-8-11-9(2)10(3)12(14)16-13(11)15/h4,7-8H,1,5-6H2,2-3H3/b8-7+. The van der Waals surface area contributed by atoms with Crippen LogP contribution in [0.25, 0.3) is 6.08 Å². The molecule has 0 radical (unpaired) electrons. The Bertz CT molecular complexity index is 422. The summed E-state index contributed by atoms with van der Waals surface area (Å²) in [5.41, 5.74) is 3.02.